The summed E-state index contributed by atoms with van der Waals surface area (Å²) in [5, 5.41) is 7.28. The molecular formula is C22H23N5O. The third kappa shape index (κ3) is 3.53. The first-order valence-electron chi connectivity index (χ1n) is 9.44. The van der Waals surface area contributed by atoms with Crippen molar-refractivity contribution < 1.29 is 4.79 Å². The van der Waals surface area contributed by atoms with Crippen molar-refractivity contribution in [3.63, 3.8) is 0 Å². The van der Waals surface area contributed by atoms with Crippen LogP contribution >= 0.6 is 0 Å². The van der Waals surface area contributed by atoms with Crippen molar-refractivity contribution in [2.45, 2.75) is 26.8 Å². The zero-order valence-electron chi connectivity index (χ0n) is 16.1. The Labute approximate surface area is 163 Å². The van der Waals surface area contributed by atoms with Crippen LogP contribution in [0.15, 0.2) is 60.8 Å². The minimum atomic E-state index is -0.0593. The first kappa shape index (κ1) is 18.0. The number of para-hydroxylation sites is 2. The number of nitrogens with zero attached hydrogens (tertiary/aromatic N) is 4. The standard InChI is InChI=1S/C22H23N5O/c1-16-12-14-24-27(16)19-10-8-18(9-11-19)22(28)23-13-5-15-26-17(2)25-20-6-3-4-7-21(20)26/h3-4,6-12,14H,5,13,15H2,1-2H3,(H,23,28). The number of hydrogen-bond donors (Lipinski definition) is 1. The Morgan fingerprint density at radius 3 is 2.57 bits per heavy atom. The maximum absolute atomic E-state index is 12.4. The van der Waals surface area contributed by atoms with Crippen LogP contribution in [0.4, 0.5) is 0 Å². The molecule has 0 fully saturated rings. The number of carbonyl (C=O) groups excluding carboxylic acids is 1. The summed E-state index contributed by atoms with van der Waals surface area (Å²) in [5.41, 5.74) is 4.80. The summed E-state index contributed by atoms with van der Waals surface area (Å²) in [6, 6.07) is 17.6. The highest BCUT2D eigenvalue weighted by molar-refractivity contribution is 5.94. The van der Waals surface area contributed by atoms with Gasteiger partial charge in [0.25, 0.3) is 5.91 Å². The molecule has 0 unspecified atom stereocenters. The van der Waals surface area contributed by atoms with Crippen LogP contribution in [0.1, 0.15) is 28.3 Å². The number of carbonyl (C=O) groups is 1. The first-order valence-corrected chi connectivity index (χ1v) is 9.44. The Balaban J connectivity index is 1.33. The molecule has 0 spiro atoms. The van der Waals surface area contributed by atoms with Crippen LogP contribution < -0.4 is 5.32 Å². The van der Waals surface area contributed by atoms with Crippen molar-refractivity contribution in [3.05, 3.63) is 77.9 Å². The Hall–Kier alpha value is -3.41. The van der Waals surface area contributed by atoms with Crippen LogP contribution in [0.25, 0.3) is 16.7 Å². The number of rotatable bonds is 6. The minimum absolute atomic E-state index is 0.0593. The second-order valence-corrected chi connectivity index (χ2v) is 6.84. The van der Waals surface area contributed by atoms with Crippen molar-refractivity contribution >= 4 is 16.9 Å². The second kappa shape index (κ2) is 7.68. The van der Waals surface area contributed by atoms with E-state index in [1.165, 1.54) is 0 Å². The van der Waals surface area contributed by atoms with Crippen LogP contribution in [0.5, 0.6) is 0 Å². The summed E-state index contributed by atoms with van der Waals surface area (Å²) in [6.07, 6.45) is 2.61. The van der Waals surface area contributed by atoms with Crippen molar-refractivity contribution in [2.75, 3.05) is 6.54 Å². The number of benzene rings is 2. The Morgan fingerprint density at radius 2 is 1.82 bits per heavy atom. The van der Waals surface area contributed by atoms with Gasteiger partial charge in [0.15, 0.2) is 0 Å². The Morgan fingerprint density at radius 1 is 1.04 bits per heavy atom. The van der Waals surface area contributed by atoms with Gasteiger partial charge in [-0.1, -0.05) is 12.1 Å². The number of aromatic nitrogens is 4. The molecule has 4 rings (SSSR count). The SMILES string of the molecule is Cc1ccnn1-c1ccc(C(=O)NCCCn2c(C)nc3ccccc32)cc1. The molecule has 0 aliphatic heterocycles. The minimum Gasteiger partial charge on any atom is -0.352 e. The number of aryl methyl sites for hydroxylation is 3. The predicted molar refractivity (Wildman–Crippen MR) is 110 cm³/mol. The van der Waals surface area contributed by atoms with E-state index in [1.807, 2.05) is 67.1 Å². The second-order valence-electron chi connectivity index (χ2n) is 6.84. The van der Waals surface area contributed by atoms with E-state index in [0.29, 0.717) is 12.1 Å². The molecule has 2 aromatic heterocycles. The smallest absolute Gasteiger partial charge is 0.251 e. The number of hydrogen-bond acceptors (Lipinski definition) is 3. The monoisotopic (exact) mass is 373 g/mol. The largest absolute Gasteiger partial charge is 0.352 e. The zero-order valence-corrected chi connectivity index (χ0v) is 16.1. The average molecular weight is 373 g/mol. The first-order chi connectivity index (χ1) is 13.6. The van der Waals surface area contributed by atoms with E-state index in [2.05, 4.69) is 26.0 Å². The molecule has 0 radical (unpaired) electrons. The highest BCUT2D eigenvalue weighted by atomic mass is 16.1. The summed E-state index contributed by atoms with van der Waals surface area (Å²) in [7, 11) is 0. The van der Waals surface area contributed by atoms with Gasteiger partial charge in [-0.2, -0.15) is 5.10 Å². The molecule has 28 heavy (non-hydrogen) atoms. The zero-order chi connectivity index (χ0) is 19.5. The summed E-state index contributed by atoms with van der Waals surface area (Å²) in [6.45, 7) is 5.45. The van der Waals surface area contributed by atoms with Gasteiger partial charge in [-0.05, 0) is 62.7 Å². The van der Waals surface area contributed by atoms with E-state index in [1.54, 1.807) is 6.20 Å². The van der Waals surface area contributed by atoms with Gasteiger partial charge in [-0.3, -0.25) is 4.79 Å². The van der Waals surface area contributed by atoms with E-state index >= 15 is 0 Å². The molecule has 0 aliphatic rings. The molecule has 142 valence electrons. The number of fused-ring (bicyclic) bond motifs is 1. The van der Waals surface area contributed by atoms with Crippen molar-refractivity contribution in [3.8, 4) is 5.69 Å². The summed E-state index contributed by atoms with van der Waals surface area (Å²) < 4.78 is 4.04. The fourth-order valence-corrected chi connectivity index (χ4v) is 3.41. The lowest BCUT2D eigenvalue weighted by Crippen LogP contribution is -2.25. The topological polar surface area (TPSA) is 64.7 Å². The van der Waals surface area contributed by atoms with E-state index in [-0.39, 0.29) is 5.91 Å². The summed E-state index contributed by atoms with van der Waals surface area (Å²) in [4.78, 5) is 17.0. The van der Waals surface area contributed by atoms with Crippen molar-refractivity contribution in [2.24, 2.45) is 0 Å². The molecule has 0 atom stereocenters. The lowest BCUT2D eigenvalue weighted by molar-refractivity contribution is 0.0953. The lowest BCUT2D eigenvalue weighted by Gasteiger charge is -2.09. The predicted octanol–water partition coefficient (Wildman–Crippen LogP) is 3.66. The molecular weight excluding hydrogens is 350 g/mol. The lowest BCUT2D eigenvalue weighted by atomic mass is 10.2. The number of imidazole rings is 1. The van der Waals surface area contributed by atoms with Gasteiger partial charge in [-0.15, -0.1) is 0 Å². The molecule has 1 N–H and O–H groups in total. The van der Waals surface area contributed by atoms with E-state index < -0.39 is 0 Å². The number of amides is 1. The molecule has 6 nitrogen and oxygen atoms in total. The summed E-state index contributed by atoms with van der Waals surface area (Å²) >= 11 is 0. The third-order valence-electron chi connectivity index (χ3n) is 4.90. The van der Waals surface area contributed by atoms with Crippen LogP contribution in [-0.4, -0.2) is 31.8 Å². The average Bonchev–Trinajstić information content (AvgIpc) is 3.28. The van der Waals surface area contributed by atoms with Gasteiger partial charge >= 0.3 is 0 Å². The van der Waals surface area contributed by atoms with Crippen LogP contribution in [0, 0.1) is 13.8 Å². The molecule has 1 amide bonds. The molecule has 0 saturated heterocycles. The van der Waals surface area contributed by atoms with Gasteiger partial charge in [0.2, 0.25) is 0 Å². The van der Waals surface area contributed by atoms with E-state index in [9.17, 15) is 4.79 Å². The molecule has 6 heteroatoms. The van der Waals surface area contributed by atoms with Gasteiger partial charge in [0.05, 0.1) is 16.7 Å². The third-order valence-corrected chi connectivity index (χ3v) is 4.90. The maximum atomic E-state index is 12.4. The Kier molecular flexibility index (Phi) is 4.93. The Bertz CT molecular complexity index is 1110. The molecule has 2 heterocycles. The van der Waals surface area contributed by atoms with Crippen LogP contribution in [0.3, 0.4) is 0 Å². The van der Waals surface area contributed by atoms with Gasteiger partial charge in [0.1, 0.15) is 5.82 Å². The highest BCUT2D eigenvalue weighted by Gasteiger charge is 2.08. The quantitative estimate of drug-likeness (QED) is 0.525. The van der Waals surface area contributed by atoms with E-state index in [4.69, 9.17) is 0 Å². The van der Waals surface area contributed by atoms with Crippen molar-refractivity contribution in [1.82, 2.24) is 24.6 Å². The molecule has 0 bridgehead atoms. The van der Waals surface area contributed by atoms with Crippen LogP contribution in [0.2, 0.25) is 0 Å². The molecule has 4 aromatic rings. The van der Waals surface area contributed by atoms with Gasteiger partial charge in [-0.25, -0.2) is 9.67 Å². The highest BCUT2D eigenvalue weighted by Crippen LogP contribution is 2.16. The normalized spacial score (nSPS) is 11.1. The maximum Gasteiger partial charge on any atom is 0.251 e. The molecule has 2 aromatic carbocycles. The van der Waals surface area contributed by atoms with Crippen LogP contribution in [-0.2, 0) is 6.54 Å². The van der Waals surface area contributed by atoms with Crippen molar-refractivity contribution in [1.29, 1.82) is 0 Å². The van der Waals surface area contributed by atoms with Gasteiger partial charge < -0.3 is 9.88 Å². The number of nitrogens with one attached hydrogen (secondary N) is 1. The fourth-order valence-electron chi connectivity index (χ4n) is 3.41. The summed E-state index contributed by atoms with van der Waals surface area (Å²) in [5.74, 6) is 0.938. The molecule has 0 aliphatic carbocycles. The fraction of sp³-hybridized carbons (Fsp3) is 0.227. The molecule has 0 saturated carbocycles. The van der Waals surface area contributed by atoms with Gasteiger partial charge in [0, 0.05) is 30.5 Å². The van der Waals surface area contributed by atoms with E-state index in [0.717, 1.165) is 41.2 Å².